The summed E-state index contributed by atoms with van der Waals surface area (Å²) in [5, 5.41) is 13.4. The second kappa shape index (κ2) is 6.32. The predicted octanol–water partition coefficient (Wildman–Crippen LogP) is 1.72. The molecule has 0 radical (unpaired) electrons. The largest absolute Gasteiger partial charge is 0.352 e. The zero-order valence-corrected chi connectivity index (χ0v) is 10.6. The van der Waals surface area contributed by atoms with Gasteiger partial charge in [-0.25, -0.2) is 0 Å². The lowest BCUT2D eigenvalue weighted by Gasteiger charge is -2.08. The standard InChI is InChI=1S/C11H14ClN3O3/c1-7(13)4-5-14-11(16)9-6-8(15(17)18)2-3-10(9)12/h2-3,6-7H,4-5,13H2,1H3,(H,14,16). The summed E-state index contributed by atoms with van der Waals surface area (Å²) in [4.78, 5) is 21.8. The molecule has 6 nitrogen and oxygen atoms in total. The van der Waals surface area contributed by atoms with Crippen molar-refractivity contribution < 1.29 is 9.72 Å². The van der Waals surface area contributed by atoms with E-state index in [1.807, 2.05) is 6.92 Å². The molecule has 18 heavy (non-hydrogen) atoms. The fourth-order valence-corrected chi connectivity index (χ4v) is 1.51. The first-order valence-corrected chi connectivity index (χ1v) is 5.77. The van der Waals surface area contributed by atoms with Gasteiger partial charge in [0.1, 0.15) is 0 Å². The first kappa shape index (κ1) is 14.4. The Hall–Kier alpha value is -1.66. The van der Waals surface area contributed by atoms with E-state index in [9.17, 15) is 14.9 Å². The van der Waals surface area contributed by atoms with Crippen molar-refractivity contribution in [1.82, 2.24) is 5.32 Å². The molecule has 3 N–H and O–H groups in total. The van der Waals surface area contributed by atoms with Crippen molar-refractivity contribution in [2.24, 2.45) is 5.73 Å². The molecule has 0 spiro atoms. The highest BCUT2D eigenvalue weighted by atomic mass is 35.5. The lowest BCUT2D eigenvalue weighted by Crippen LogP contribution is -2.29. The summed E-state index contributed by atoms with van der Waals surface area (Å²) in [6, 6.07) is 3.72. The number of non-ortho nitro benzene ring substituents is 1. The molecule has 0 aromatic heterocycles. The molecule has 1 aromatic rings. The minimum atomic E-state index is -0.574. The highest BCUT2D eigenvalue weighted by Crippen LogP contribution is 2.21. The monoisotopic (exact) mass is 271 g/mol. The van der Waals surface area contributed by atoms with Crippen LogP contribution in [-0.2, 0) is 0 Å². The maximum Gasteiger partial charge on any atom is 0.270 e. The summed E-state index contributed by atoms with van der Waals surface area (Å²) < 4.78 is 0. The molecule has 1 unspecified atom stereocenters. The van der Waals surface area contributed by atoms with E-state index in [4.69, 9.17) is 17.3 Å². The molecule has 0 saturated carbocycles. The fourth-order valence-electron chi connectivity index (χ4n) is 1.31. The molecule has 1 atom stereocenters. The number of nitrogens with zero attached hydrogens (tertiary/aromatic N) is 1. The van der Waals surface area contributed by atoms with Gasteiger partial charge in [0.25, 0.3) is 11.6 Å². The number of rotatable bonds is 5. The third-order valence-corrected chi connectivity index (χ3v) is 2.62. The lowest BCUT2D eigenvalue weighted by molar-refractivity contribution is -0.384. The molecule has 0 heterocycles. The molecule has 0 aliphatic carbocycles. The number of benzene rings is 1. The van der Waals surface area contributed by atoms with Crippen LogP contribution in [0.1, 0.15) is 23.7 Å². The molecule has 1 amide bonds. The Morgan fingerprint density at radius 1 is 1.61 bits per heavy atom. The van der Waals surface area contributed by atoms with Gasteiger partial charge in [-0.15, -0.1) is 0 Å². The summed E-state index contributed by atoms with van der Waals surface area (Å²) in [6.45, 7) is 2.22. The van der Waals surface area contributed by atoms with Crippen molar-refractivity contribution in [3.8, 4) is 0 Å². The second-order valence-corrected chi connectivity index (χ2v) is 4.35. The van der Waals surface area contributed by atoms with Crippen molar-refractivity contribution in [2.75, 3.05) is 6.54 Å². The Balaban J connectivity index is 2.78. The van der Waals surface area contributed by atoms with E-state index in [0.717, 1.165) is 6.07 Å². The number of nitro benzene ring substituents is 1. The molecular formula is C11H14ClN3O3. The summed E-state index contributed by atoms with van der Waals surface area (Å²) in [5.41, 5.74) is 5.47. The van der Waals surface area contributed by atoms with Crippen molar-refractivity contribution in [1.29, 1.82) is 0 Å². The van der Waals surface area contributed by atoms with Crippen molar-refractivity contribution in [3.63, 3.8) is 0 Å². The van der Waals surface area contributed by atoms with Gasteiger partial charge in [0.05, 0.1) is 15.5 Å². The van der Waals surface area contributed by atoms with E-state index < -0.39 is 10.8 Å². The number of nitrogens with two attached hydrogens (primary N) is 1. The van der Waals surface area contributed by atoms with E-state index in [2.05, 4.69) is 5.32 Å². The predicted molar refractivity (Wildman–Crippen MR) is 68.7 cm³/mol. The van der Waals surface area contributed by atoms with Gasteiger partial charge in [-0.3, -0.25) is 14.9 Å². The normalized spacial score (nSPS) is 11.9. The van der Waals surface area contributed by atoms with E-state index >= 15 is 0 Å². The number of carbonyl (C=O) groups is 1. The van der Waals surface area contributed by atoms with Crippen molar-refractivity contribution in [3.05, 3.63) is 38.9 Å². The first-order chi connectivity index (χ1) is 8.41. The van der Waals surface area contributed by atoms with Crippen molar-refractivity contribution in [2.45, 2.75) is 19.4 Å². The average Bonchev–Trinajstić information content (AvgIpc) is 2.28. The van der Waals surface area contributed by atoms with E-state index in [0.29, 0.717) is 13.0 Å². The van der Waals surface area contributed by atoms with E-state index in [1.54, 1.807) is 0 Å². The Bertz CT molecular complexity index is 463. The van der Waals surface area contributed by atoms with Gasteiger partial charge in [0, 0.05) is 24.7 Å². The molecular weight excluding hydrogens is 258 g/mol. The van der Waals surface area contributed by atoms with Crippen LogP contribution in [0.15, 0.2) is 18.2 Å². The minimum Gasteiger partial charge on any atom is -0.352 e. The van der Waals surface area contributed by atoms with Crippen LogP contribution in [-0.4, -0.2) is 23.4 Å². The van der Waals surface area contributed by atoms with Gasteiger partial charge in [-0.2, -0.15) is 0 Å². The second-order valence-electron chi connectivity index (χ2n) is 3.94. The van der Waals surface area contributed by atoms with Crippen LogP contribution in [0.2, 0.25) is 5.02 Å². The fraction of sp³-hybridized carbons (Fsp3) is 0.364. The summed E-state index contributed by atoms with van der Waals surface area (Å²) >= 11 is 5.83. The smallest absolute Gasteiger partial charge is 0.270 e. The van der Waals surface area contributed by atoms with Crippen LogP contribution >= 0.6 is 11.6 Å². The van der Waals surface area contributed by atoms with Crippen LogP contribution < -0.4 is 11.1 Å². The molecule has 98 valence electrons. The number of carbonyl (C=O) groups excluding carboxylic acids is 1. The van der Waals surface area contributed by atoms with Crippen LogP contribution in [0.5, 0.6) is 0 Å². The highest BCUT2D eigenvalue weighted by molar-refractivity contribution is 6.33. The van der Waals surface area contributed by atoms with Gasteiger partial charge < -0.3 is 11.1 Å². The summed E-state index contributed by atoms with van der Waals surface area (Å²) in [6.07, 6.45) is 0.623. The van der Waals surface area contributed by atoms with Gasteiger partial charge in [-0.05, 0) is 19.4 Å². The Morgan fingerprint density at radius 2 is 2.28 bits per heavy atom. The third kappa shape index (κ3) is 3.97. The molecule has 0 bridgehead atoms. The zero-order chi connectivity index (χ0) is 13.7. The number of nitrogens with one attached hydrogen (secondary N) is 1. The number of hydrogen-bond donors (Lipinski definition) is 2. The summed E-state index contributed by atoms with van der Waals surface area (Å²) in [7, 11) is 0. The molecule has 0 aliphatic heterocycles. The third-order valence-electron chi connectivity index (χ3n) is 2.29. The number of nitro groups is 1. The molecule has 7 heteroatoms. The molecule has 1 rings (SSSR count). The van der Waals surface area contributed by atoms with Gasteiger partial charge in [-0.1, -0.05) is 11.6 Å². The quantitative estimate of drug-likeness (QED) is 0.629. The maximum atomic E-state index is 11.8. The van der Waals surface area contributed by atoms with Crippen LogP contribution in [0.3, 0.4) is 0 Å². The van der Waals surface area contributed by atoms with Crippen molar-refractivity contribution >= 4 is 23.2 Å². The number of halogens is 1. The van der Waals surface area contributed by atoms with Gasteiger partial charge in [0.15, 0.2) is 0 Å². The zero-order valence-electron chi connectivity index (χ0n) is 9.85. The van der Waals surface area contributed by atoms with E-state index in [-0.39, 0.29) is 22.3 Å². The number of amides is 1. The SMILES string of the molecule is CC(N)CCNC(=O)c1cc([N+](=O)[O-])ccc1Cl. The highest BCUT2D eigenvalue weighted by Gasteiger charge is 2.15. The van der Waals surface area contributed by atoms with Crippen LogP contribution in [0.4, 0.5) is 5.69 Å². The van der Waals surface area contributed by atoms with Gasteiger partial charge >= 0.3 is 0 Å². The maximum absolute atomic E-state index is 11.8. The number of hydrogen-bond acceptors (Lipinski definition) is 4. The lowest BCUT2D eigenvalue weighted by atomic mass is 10.2. The Morgan fingerprint density at radius 3 is 2.83 bits per heavy atom. The van der Waals surface area contributed by atoms with Gasteiger partial charge in [0.2, 0.25) is 0 Å². The molecule has 0 aliphatic rings. The average molecular weight is 272 g/mol. The molecule has 1 aromatic carbocycles. The van der Waals surface area contributed by atoms with Crippen LogP contribution in [0, 0.1) is 10.1 Å². The van der Waals surface area contributed by atoms with E-state index in [1.165, 1.54) is 12.1 Å². The Kier molecular flexibility index (Phi) is 5.06. The molecule has 0 saturated heterocycles. The first-order valence-electron chi connectivity index (χ1n) is 5.39. The summed E-state index contributed by atoms with van der Waals surface area (Å²) in [5.74, 6) is -0.440. The Labute approximate surface area is 109 Å². The topological polar surface area (TPSA) is 98.3 Å². The van der Waals surface area contributed by atoms with Crippen LogP contribution in [0.25, 0.3) is 0 Å². The molecule has 0 fully saturated rings. The minimum absolute atomic E-state index is 0.0223.